The Hall–Kier alpha value is -1.75. The number of aromatic hydroxyl groups is 1. The van der Waals surface area contributed by atoms with Gasteiger partial charge in [-0.3, -0.25) is 4.90 Å². The van der Waals surface area contributed by atoms with E-state index in [4.69, 9.17) is 0 Å². The molecule has 1 amide bonds. The molecule has 0 unspecified atom stereocenters. The third kappa shape index (κ3) is 1.90. The molecule has 5 heteroatoms. The van der Waals surface area contributed by atoms with Crippen LogP contribution in [-0.2, 0) is 11.8 Å². The van der Waals surface area contributed by atoms with Crippen molar-refractivity contribution >= 4 is 6.09 Å². The van der Waals surface area contributed by atoms with Crippen LogP contribution in [0.15, 0.2) is 18.2 Å². The van der Waals surface area contributed by atoms with Crippen LogP contribution >= 0.6 is 0 Å². The molecule has 2 saturated heterocycles. The fraction of sp³-hybridized carbons (Fsp3) is 0.708. The minimum Gasteiger partial charge on any atom is -0.508 e. The summed E-state index contributed by atoms with van der Waals surface area (Å²) in [6.45, 7) is 3.12. The molecule has 2 heterocycles. The Bertz CT molecular complexity index is 913. The van der Waals surface area contributed by atoms with Crippen LogP contribution in [0, 0.1) is 23.2 Å². The highest BCUT2D eigenvalue weighted by atomic mass is 16.4. The van der Waals surface area contributed by atoms with E-state index in [1.165, 1.54) is 36.9 Å². The van der Waals surface area contributed by atoms with Crippen LogP contribution in [0.1, 0.15) is 49.7 Å². The van der Waals surface area contributed by atoms with E-state index < -0.39 is 6.09 Å². The normalized spacial score (nSPS) is 44.5. The van der Waals surface area contributed by atoms with Gasteiger partial charge in [0.25, 0.3) is 0 Å². The van der Waals surface area contributed by atoms with Crippen molar-refractivity contribution in [2.75, 3.05) is 19.6 Å². The van der Waals surface area contributed by atoms with Gasteiger partial charge in [-0.25, -0.2) is 4.79 Å². The van der Waals surface area contributed by atoms with Gasteiger partial charge in [0.15, 0.2) is 0 Å². The number of rotatable bonds is 2. The van der Waals surface area contributed by atoms with Gasteiger partial charge >= 0.3 is 6.09 Å². The lowest BCUT2D eigenvalue weighted by molar-refractivity contribution is -0.102. The molecule has 5 nitrogen and oxygen atoms in total. The molecule has 1 aromatic rings. The summed E-state index contributed by atoms with van der Waals surface area (Å²) in [5, 5.41) is 20.3. The number of likely N-dealkylation sites (tertiary alicyclic amines) is 2. The van der Waals surface area contributed by atoms with Crippen molar-refractivity contribution in [1.82, 2.24) is 9.80 Å². The predicted octanol–water partition coefficient (Wildman–Crippen LogP) is 3.45. The molecule has 6 aliphatic rings. The van der Waals surface area contributed by atoms with Crippen molar-refractivity contribution in [2.24, 2.45) is 23.2 Å². The van der Waals surface area contributed by atoms with Gasteiger partial charge in [-0.2, -0.15) is 0 Å². The van der Waals surface area contributed by atoms with Crippen molar-refractivity contribution in [3.8, 4) is 5.75 Å². The lowest BCUT2D eigenvalue weighted by atomic mass is 9.43. The van der Waals surface area contributed by atoms with Crippen molar-refractivity contribution in [2.45, 2.75) is 62.4 Å². The highest BCUT2D eigenvalue weighted by molar-refractivity contribution is 5.67. The number of carbonyl (C=O) groups is 1. The van der Waals surface area contributed by atoms with E-state index in [1.54, 1.807) is 4.90 Å². The molecule has 6 atom stereocenters. The predicted molar refractivity (Wildman–Crippen MR) is 108 cm³/mol. The summed E-state index contributed by atoms with van der Waals surface area (Å²) in [4.78, 5) is 16.6. The number of hydrogen-bond acceptors (Lipinski definition) is 3. The maximum absolute atomic E-state index is 12.0. The molecule has 29 heavy (non-hydrogen) atoms. The SMILES string of the molecule is O=C(O)N1C[C@H]2C[C@@]34CC[C@@H]1[C@@H]2[C@@]31CCN(CC2CC2)[C@@H]4Cc2ccc(O)cc21. The second kappa shape index (κ2) is 5.29. The summed E-state index contributed by atoms with van der Waals surface area (Å²) in [5.74, 6) is 2.19. The largest absolute Gasteiger partial charge is 0.508 e. The molecular formula is C24H30N2O3. The number of amides is 1. The average molecular weight is 395 g/mol. The Kier molecular flexibility index (Phi) is 3.10. The Morgan fingerprint density at radius 3 is 2.86 bits per heavy atom. The van der Waals surface area contributed by atoms with Crippen LogP contribution in [0.25, 0.3) is 0 Å². The first-order chi connectivity index (χ1) is 14.0. The van der Waals surface area contributed by atoms with Gasteiger partial charge in [-0.15, -0.1) is 0 Å². The van der Waals surface area contributed by atoms with E-state index in [0.717, 1.165) is 44.7 Å². The third-order valence-corrected chi connectivity index (χ3v) is 10.0. The monoisotopic (exact) mass is 394 g/mol. The number of piperidine rings is 1. The minimum absolute atomic E-state index is 0.0574. The molecule has 2 N–H and O–H groups in total. The maximum atomic E-state index is 12.0. The molecule has 7 rings (SSSR count). The van der Waals surface area contributed by atoms with E-state index in [1.807, 2.05) is 6.07 Å². The second-order valence-corrected chi connectivity index (χ2v) is 10.9. The van der Waals surface area contributed by atoms with Crippen LogP contribution in [0.4, 0.5) is 4.79 Å². The van der Waals surface area contributed by atoms with Gasteiger partial charge in [0.05, 0.1) is 0 Å². The number of fused-ring (bicyclic) bond motifs is 1. The zero-order chi connectivity index (χ0) is 19.5. The molecule has 4 bridgehead atoms. The molecule has 3 saturated carbocycles. The minimum atomic E-state index is -0.733. The van der Waals surface area contributed by atoms with E-state index >= 15 is 0 Å². The molecule has 5 fully saturated rings. The van der Waals surface area contributed by atoms with Crippen molar-refractivity contribution in [3.63, 3.8) is 0 Å². The summed E-state index contributed by atoms with van der Waals surface area (Å²) in [6.07, 6.45) is 7.65. The van der Waals surface area contributed by atoms with Crippen molar-refractivity contribution in [1.29, 1.82) is 0 Å². The Labute approximate surface area is 171 Å². The summed E-state index contributed by atoms with van der Waals surface area (Å²) in [7, 11) is 0. The number of phenols is 1. The number of carboxylic acid groups (broad SMARTS) is 1. The van der Waals surface area contributed by atoms with Gasteiger partial charge < -0.3 is 15.1 Å². The first-order valence-corrected chi connectivity index (χ1v) is 11.6. The van der Waals surface area contributed by atoms with Crippen LogP contribution in [0.2, 0.25) is 0 Å². The smallest absolute Gasteiger partial charge is 0.407 e. The number of nitrogens with zero attached hydrogens (tertiary/aromatic N) is 2. The maximum Gasteiger partial charge on any atom is 0.407 e. The first kappa shape index (κ1) is 17.0. The zero-order valence-electron chi connectivity index (χ0n) is 16.9. The van der Waals surface area contributed by atoms with E-state index in [9.17, 15) is 15.0 Å². The third-order valence-electron chi connectivity index (χ3n) is 10.0. The Morgan fingerprint density at radius 2 is 2.07 bits per heavy atom. The molecule has 4 aliphatic carbocycles. The van der Waals surface area contributed by atoms with E-state index in [2.05, 4.69) is 17.0 Å². The fourth-order valence-electron chi connectivity index (χ4n) is 9.16. The molecule has 0 radical (unpaired) electrons. The molecule has 0 spiro atoms. The van der Waals surface area contributed by atoms with Crippen LogP contribution in [0.5, 0.6) is 5.75 Å². The fourth-order valence-corrected chi connectivity index (χ4v) is 9.16. The summed E-state index contributed by atoms with van der Waals surface area (Å²) < 4.78 is 0. The summed E-state index contributed by atoms with van der Waals surface area (Å²) in [5.41, 5.74) is 3.13. The van der Waals surface area contributed by atoms with Gasteiger partial charge in [-0.1, -0.05) is 6.07 Å². The van der Waals surface area contributed by atoms with Gasteiger partial charge in [0.1, 0.15) is 5.75 Å². The molecule has 0 aromatic heterocycles. The van der Waals surface area contributed by atoms with Crippen LogP contribution in [0.3, 0.4) is 0 Å². The Balaban J connectivity index is 1.42. The zero-order valence-corrected chi connectivity index (χ0v) is 16.9. The first-order valence-electron chi connectivity index (χ1n) is 11.6. The number of benzene rings is 1. The summed E-state index contributed by atoms with van der Waals surface area (Å²) in [6, 6.07) is 6.84. The second-order valence-electron chi connectivity index (χ2n) is 10.9. The Morgan fingerprint density at radius 1 is 1.21 bits per heavy atom. The highest BCUT2D eigenvalue weighted by Gasteiger charge is 2.76. The quantitative estimate of drug-likeness (QED) is 0.806. The van der Waals surface area contributed by atoms with Crippen LogP contribution in [-0.4, -0.2) is 57.8 Å². The molecule has 2 aliphatic heterocycles. The van der Waals surface area contributed by atoms with Crippen molar-refractivity contribution < 1.29 is 15.0 Å². The number of phenolic OH excluding ortho intramolecular Hbond substituents is 1. The topological polar surface area (TPSA) is 64.0 Å². The lowest BCUT2D eigenvalue weighted by Crippen LogP contribution is -2.69. The van der Waals surface area contributed by atoms with E-state index in [-0.39, 0.29) is 16.9 Å². The molecular weight excluding hydrogens is 364 g/mol. The molecule has 1 aromatic carbocycles. The summed E-state index contributed by atoms with van der Waals surface area (Å²) >= 11 is 0. The van der Waals surface area contributed by atoms with Crippen LogP contribution < -0.4 is 0 Å². The standard InChI is InChI=1S/C24H30N2O3/c27-17-4-3-15-9-20-23-6-5-19-21(16(11-23)13-26(19)22(28)29)24(23,18(15)10-17)7-8-25(20)12-14-1-2-14/h3-4,10,14,16,19-21,27H,1-2,5-9,11-13H2,(H,28,29)/t16-,19-,20-,21-,23-,24+/m1/s1. The lowest BCUT2D eigenvalue weighted by Gasteiger charge is -2.66. The molecule has 154 valence electrons. The average Bonchev–Trinajstić information content (AvgIpc) is 3.37. The van der Waals surface area contributed by atoms with Gasteiger partial charge in [-0.05, 0) is 97.9 Å². The van der Waals surface area contributed by atoms with Gasteiger partial charge in [0, 0.05) is 30.6 Å². The van der Waals surface area contributed by atoms with Gasteiger partial charge in [0.2, 0.25) is 0 Å². The van der Waals surface area contributed by atoms with Crippen molar-refractivity contribution in [3.05, 3.63) is 29.3 Å². The van der Waals surface area contributed by atoms with E-state index in [0.29, 0.717) is 23.6 Å². The number of hydrogen-bond donors (Lipinski definition) is 2. The highest BCUT2D eigenvalue weighted by Crippen LogP contribution is 2.75.